The van der Waals surface area contributed by atoms with Crippen molar-refractivity contribution < 1.29 is 14.7 Å². The lowest BCUT2D eigenvalue weighted by Crippen LogP contribution is -2.56. The first kappa shape index (κ1) is 15.1. The molecule has 0 radical (unpaired) electrons. The van der Waals surface area contributed by atoms with Crippen molar-refractivity contribution >= 4 is 12.0 Å². The van der Waals surface area contributed by atoms with Gasteiger partial charge in [-0.05, 0) is 31.6 Å². The van der Waals surface area contributed by atoms with Crippen molar-refractivity contribution in [2.24, 2.45) is 5.92 Å². The number of urea groups is 1. The molecule has 0 bridgehead atoms. The van der Waals surface area contributed by atoms with Crippen molar-refractivity contribution in [2.45, 2.75) is 76.3 Å². The fourth-order valence-corrected chi connectivity index (χ4v) is 3.67. The van der Waals surface area contributed by atoms with E-state index in [4.69, 9.17) is 5.11 Å². The minimum atomic E-state index is -0.832. The topological polar surface area (TPSA) is 78.4 Å². The molecule has 20 heavy (non-hydrogen) atoms. The quantitative estimate of drug-likeness (QED) is 0.741. The SMILES string of the molecule is CC1CCCC1NC(=O)NC1(CC(=O)O)CCCCC1. The average Bonchev–Trinajstić information content (AvgIpc) is 2.74. The molecule has 2 atom stereocenters. The third-order valence-electron chi connectivity index (χ3n) is 4.86. The Kier molecular flexibility index (Phi) is 4.89. The maximum atomic E-state index is 12.2. The lowest BCUT2D eigenvalue weighted by atomic mass is 9.79. The molecular weight excluding hydrogens is 256 g/mol. The summed E-state index contributed by atoms with van der Waals surface area (Å²) in [7, 11) is 0. The molecule has 114 valence electrons. The fraction of sp³-hybridized carbons (Fsp3) is 0.867. The molecule has 5 heteroatoms. The van der Waals surface area contributed by atoms with Crippen LogP contribution in [0.1, 0.15) is 64.7 Å². The molecule has 2 saturated carbocycles. The van der Waals surface area contributed by atoms with Gasteiger partial charge in [0.2, 0.25) is 0 Å². The van der Waals surface area contributed by atoms with Gasteiger partial charge in [0.15, 0.2) is 0 Å². The molecule has 0 aliphatic heterocycles. The predicted octanol–water partition coefficient (Wildman–Crippen LogP) is 2.65. The van der Waals surface area contributed by atoms with E-state index in [1.54, 1.807) is 0 Å². The Morgan fingerprint density at radius 2 is 1.85 bits per heavy atom. The summed E-state index contributed by atoms with van der Waals surface area (Å²) in [6.07, 6.45) is 8.03. The monoisotopic (exact) mass is 282 g/mol. The van der Waals surface area contributed by atoms with Gasteiger partial charge in [-0.25, -0.2) is 4.79 Å². The Balaban J connectivity index is 1.92. The number of carbonyl (C=O) groups excluding carboxylic acids is 1. The van der Waals surface area contributed by atoms with E-state index in [1.165, 1.54) is 0 Å². The number of carboxylic acid groups (broad SMARTS) is 1. The average molecular weight is 282 g/mol. The van der Waals surface area contributed by atoms with E-state index in [-0.39, 0.29) is 18.5 Å². The largest absolute Gasteiger partial charge is 0.481 e. The molecule has 2 amide bonds. The zero-order valence-corrected chi connectivity index (χ0v) is 12.3. The standard InChI is InChI=1S/C15H26N2O3/c1-11-6-5-7-12(11)16-14(20)17-15(10-13(18)19)8-3-2-4-9-15/h11-12H,2-10H2,1H3,(H,18,19)(H2,16,17,20). The van der Waals surface area contributed by atoms with Crippen LogP contribution in [0, 0.1) is 5.92 Å². The van der Waals surface area contributed by atoms with Gasteiger partial charge >= 0.3 is 12.0 Å². The minimum absolute atomic E-state index is 0.0284. The van der Waals surface area contributed by atoms with Gasteiger partial charge in [0.05, 0.1) is 12.0 Å². The molecule has 2 aliphatic carbocycles. The van der Waals surface area contributed by atoms with Crippen LogP contribution < -0.4 is 10.6 Å². The smallest absolute Gasteiger partial charge is 0.315 e. The Hall–Kier alpha value is -1.26. The molecule has 0 spiro atoms. The van der Waals surface area contributed by atoms with Crippen LogP contribution in [0.4, 0.5) is 4.79 Å². The zero-order valence-electron chi connectivity index (χ0n) is 12.3. The van der Waals surface area contributed by atoms with Gasteiger partial charge in [-0.2, -0.15) is 0 Å². The van der Waals surface area contributed by atoms with E-state index in [0.717, 1.165) is 51.4 Å². The molecular formula is C15H26N2O3. The first-order valence-corrected chi connectivity index (χ1v) is 7.81. The molecule has 0 saturated heterocycles. The number of carbonyl (C=O) groups is 2. The van der Waals surface area contributed by atoms with Crippen molar-refractivity contribution in [3.8, 4) is 0 Å². The summed E-state index contributed by atoms with van der Waals surface area (Å²) in [4.78, 5) is 23.3. The van der Waals surface area contributed by atoms with Crippen LogP contribution in [0.2, 0.25) is 0 Å². The highest BCUT2D eigenvalue weighted by Crippen LogP contribution is 2.31. The molecule has 2 aliphatic rings. The highest BCUT2D eigenvalue weighted by molar-refractivity contribution is 5.77. The first-order chi connectivity index (χ1) is 9.51. The van der Waals surface area contributed by atoms with Gasteiger partial charge in [0.1, 0.15) is 0 Å². The van der Waals surface area contributed by atoms with Crippen molar-refractivity contribution in [1.29, 1.82) is 0 Å². The van der Waals surface area contributed by atoms with Crippen LogP contribution >= 0.6 is 0 Å². The van der Waals surface area contributed by atoms with Crippen molar-refractivity contribution in [3.63, 3.8) is 0 Å². The summed E-state index contributed by atoms with van der Waals surface area (Å²) >= 11 is 0. The molecule has 0 aromatic carbocycles. The molecule has 0 heterocycles. The van der Waals surface area contributed by atoms with Crippen LogP contribution in [-0.2, 0) is 4.79 Å². The summed E-state index contributed by atoms with van der Waals surface area (Å²) in [6.45, 7) is 2.16. The molecule has 2 fully saturated rings. The number of nitrogens with one attached hydrogen (secondary N) is 2. The lowest BCUT2D eigenvalue weighted by Gasteiger charge is -2.37. The number of rotatable bonds is 4. The number of hydrogen-bond donors (Lipinski definition) is 3. The van der Waals surface area contributed by atoms with E-state index in [2.05, 4.69) is 17.6 Å². The minimum Gasteiger partial charge on any atom is -0.481 e. The second-order valence-corrected chi connectivity index (χ2v) is 6.52. The predicted molar refractivity (Wildman–Crippen MR) is 76.5 cm³/mol. The summed E-state index contributed by atoms with van der Waals surface area (Å²) in [5.74, 6) is -0.316. The third-order valence-corrected chi connectivity index (χ3v) is 4.86. The maximum Gasteiger partial charge on any atom is 0.315 e. The lowest BCUT2D eigenvalue weighted by molar-refractivity contribution is -0.139. The van der Waals surface area contributed by atoms with E-state index in [9.17, 15) is 9.59 Å². The second kappa shape index (κ2) is 6.46. The first-order valence-electron chi connectivity index (χ1n) is 7.81. The summed E-state index contributed by atoms with van der Waals surface area (Å²) in [5, 5.41) is 15.1. The van der Waals surface area contributed by atoms with Gasteiger partial charge in [0, 0.05) is 6.04 Å². The molecule has 2 rings (SSSR count). The number of carboxylic acids is 1. The number of aliphatic carboxylic acids is 1. The van der Waals surface area contributed by atoms with Crippen LogP contribution in [0.5, 0.6) is 0 Å². The molecule has 2 unspecified atom stereocenters. The third kappa shape index (κ3) is 3.87. The number of hydrogen-bond acceptors (Lipinski definition) is 2. The maximum absolute atomic E-state index is 12.2. The van der Waals surface area contributed by atoms with Gasteiger partial charge in [-0.1, -0.05) is 32.6 Å². The van der Waals surface area contributed by atoms with E-state index >= 15 is 0 Å². The zero-order chi connectivity index (χ0) is 14.6. The second-order valence-electron chi connectivity index (χ2n) is 6.52. The highest BCUT2D eigenvalue weighted by Gasteiger charge is 2.36. The van der Waals surface area contributed by atoms with Gasteiger partial charge in [0.25, 0.3) is 0 Å². The van der Waals surface area contributed by atoms with Crippen molar-refractivity contribution in [2.75, 3.05) is 0 Å². The highest BCUT2D eigenvalue weighted by atomic mass is 16.4. The van der Waals surface area contributed by atoms with Crippen LogP contribution in [-0.4, -0.2) is 28.7 Å². The van der Waals surface area contributed by atoms with Crippen LogP contribution in [0.25, 0.3) is 0 Å². The Labute approximate surface area is 120 Å². The van der Waals surface area contributed by atoms with Crippen molar-refractivity contribution in [3.05, 3.63) is 0 Å². The number of amides is 2. The molecule has 5 nitrogen and oxygen atoms in total. The van der Waals surface area contributed by atoms with Gasteiger partial charge in [-0.3, -0.25) is 4.79 Å². The van der Waals surface area contributed by atoms with Crippen LogP contribution in [0.15, 0.2) is 0 Å². The molecule has 0 aromatic heterocycles. The molecule has 3 N–H and O–H groups in total. The summed E-state index contributed by atoms with van der Waals surface area (Å²) in [6, 6.07) is 0.0485. The molecule has 0 aromatic rings. The van der Waals surface area contributed by atoms with E-state index in [0.29, 0.717) is 5.92 Å². The normalized spacial score (nSPS) is 28.9. The van der Waals surface area contributed by atoms with Gasteiger partial charge < -0.3 is 15.7 Å². The van der Waals surface area contributed by atoms with Crippen molar-refractivity contribution in [1.82, 2.24) is 10.6 Å². The van der Waals surface area contributed by atoms with Crippen LogP contribution in [0.3, 0.4) is 0 Å². The Morgan fingerprint density at radius 3 is 2.40 bits per heavy atom. The fourth-order valence-electron chi connectivity index (χ4n) is 3.67. The summed E-state index contributed by atoms with van der Waals surface area (Å²) < 4.78 is 0. The Morgan fingerprint density at radius 1 is 1.15 bits per heavy atom. The van der Waals surface area contributed by atoms with Gasteiger partial charge in [-0.15, -0.1) is 0 Å². The van der Waals surface area contributed by atoms with E-state index < -0.39 is 11.5 Å². The summed E-state index contributed by atoms with van der Waals surface area (Å²) in [5.41, 5.74) is -0.546. The van der Waals surface area contributed by atoms with E-state index in [1.807, 2.05) is 0 Å². The Bertz CT molecular complexity index is 364.